The van der Waals surface area contributed by atoms with Gasteiger partial charge in [0.1, 0.15) is 6.10 Å². The normalized spacial score (nSPS) is 12.6. The summed E-state index contributed by atoms with van der Waals surface area (Å²) in [4.78, 5) is 10.1. The molecule has 64 valence electrons. The van der Waals surface area contributed by atoms with E-state index in [1.54, 1.807) is 6.08 Å². The number of carbonyl (C=O) groups is 1. The van der Waals surface area contributed by atoms with Crippen LogP contribution in [0.15, 0.2) is 12.7 Å². The second-order valence-corrected chi connectivity index (χ2v) is 2.69. The quantitative estimate of drug-likeness (QED) is 0.504. The van der Waals surface area contributed by atoms with Gasteiger partial charge < -0.3 is 9.84 Å². The Balaban J connectivity index is 3.88. The summed E-state index contributed by atoms with van der Waals surface area (Å²) >= 11 is 0. The van der Waals surface area contributed by atoms with Crippen LogP contribution < -0.4 is 0 Å². The summed E-state index contributed by atoms with van der Waals surface area (Å²) < 4.78 is 4.60. The lowest BCUT2D eigenvalue weighted by Gasteiger charge is -2.17. The lowest BCUT2D eigenvalue weighted by atomic mass is 10.0. The van der Waals surface area contributed by atoms with Gasteiger partial charge >= 0.3 is 6.16 Å². The third-order valence-corrected chi connectivity index (χ3v) is 1.39. The minimum absolute atomic E-state index is 0.198. The maximum Gasteiger partial charge on any atom is 0.506 e. The van der Waals surface area contributed by atoms with Crippen molar-refractivity contribution >= 4 is 6.16 Å². The molecule has 0 fully saturated rings. The molecular weight excluding hydrogens is 144 g/mol. The van der Waals surface area contributed by atoms with Gasteiger partial charge in [-0.15, -0.1) is 6.58 Å². The Morgan fingerprint density at radius 3 is 2.55 bits per heavy atom. The smallest absolute Gasteiger partial charge is 0.450 e. The molecule has 0 aromatic carbocycles. The van der Waals surface area contributed by atoms with Crippen LogP contribution in [0, 0.1) is 5.92 Å². The molecule has 1 unspecified atom stereocenters. The second-order valence-electron chi connectivity index (χ2n) is 2.69. The zero-order valence-electron chi connectivity index (χ0n) is 6.91. The SMILES string of the molecule is C=CCC(OC(=O)O)C(C)C. The van der Waals surface area contributed by atoms with E-state index in [1.165, 1.54) is 0 Å². The second kappa shape index (κ2) is 4.77. The summed E-state index contributed by atoms with van der Waals surface area (Å²) in [5.74, 6) is 0.198. The Morgan fingerprint density at radius 2 is 2.27 bits per heavy atom. The van der Waals surface area contributed by atoms with E-state index >= 15 is 0 Å². The zero-order chi connectivity index (χ0) is 8.85. The highest BCUT2D eigenvalue weighted by atomic mass is 16.7. The lowest BCUT2D eigenvalue weighted by molar-refractivity contribution is 0.0332. The summed E-state index contributed by atoms with van der Waals surface area (Å²) in [5, 5.41) is 8.30. The number of carboxylic acid groups (broad SMARTS) is 1. The molecule has 0 heterocycles. The Hall–Kier alpha value is -0.990. The minimum Gasteiger partial charge on any atom is -0.450 e. The van der Waals surface area contributed by atoms with Crippen molar-refractivity contribution in [2.24, 2.45) is 5.92 Å². The Bertz CT molecular complexity index is 140. The average molecular weight is 158 g/mol. The van der Waals surface area contributed by atoms with Crippen LogP contribution in [-0.2, 0) is 4.74 Å². The first-order valence-electron chi connectivity index (χ1n) is 3.58. The molecule has 0 saturated heterocycles. The molecule has 0 spiro atoms. The van der Waals surface area contributed by atoms with Gasteiger partial charge in [-0.2, -0.15) is 0 Å². The Morgan fingerprint density at radius 1 is 1.73 bits per heavy atom. The van der Waals surface area contributed by atoms with E-state index in [4.69, 9.17) is 5.11 Å². The third-order valence-electron chi connectivity index (χ3n) is 1.39. The molecule has 0 amide bonds. The number of ether oxygens (including phenoxy) is 1. The molecule has 0 aliphatic rings. The van der Waals surface area contributed by atoms with Crippen LogP contribution in [0.25, 0.3) is 0 Å². The van der Waals surface area contributed by atoms with Crippen molar-refractivity contribution in [3.63, 3.8) is 0 Å². The van der Waals surface area contributed by atoms with Gasteiger partial charge in [0.2, 0.25) is 0 Å². The van der Waals surface area contributed by atoms with Gasteiger partial charge in [-0.25, -0.2) is 4.79 Å². The predicted molar refractivity (Wildman–Crippen MR) is 42.5 cm³/mol. The molecule has 0 aromatic heterocycles. The van der Waals surface area contributed by atoms with E-state index in [0.717, 1.165) is 0 Å². The monoisotopic (exact) mass is 158 g/mol. The van der Waals surface area contributed by atoms with Crippen molar-refractivity contribution in [3.05, 3.63) is 12.7 Å². The van der Waals surface area contributed by atoms with Gasteiger partial charge in [-0.3, -0.25) is 0 Å². The van der Waals surface area contributed by atoms with Crippen LogP contribution in [-0.4, -0.2) is 17.4 Å². The summed E-state index contributed by atoms with van der Waals surface area (Å²) in [6.07, 6.45) is 0.757. The van der Waals surface area contributed by atoms with Crippen LogP contribution in [0.4, 0.5) is 4.79 Å². The van der Waals surface area contributed by atoms with Gasteiger partial charge in [0.25, 0.3) is 0 Å². The molecule has 1 atom stereocenters. The number of rotatable bonds is 4. The van der Waals surface area contributed by atoms with E-state index in [0.29, 0.717) is 6.42 Å². The Kier molecular flexibility index (Phi) is 4.34. The van der Waals surface area contributed by atoms with Crippen molar-refractivity contribution in [1.29, 1.82) is 0 Å². The highest BCUT2D eigenvalue weighted by molar-refractivity contribution is 5.57. The molecule has 11 heavy (non-hydrogen) atoms. The highest BCUT2D eigenvalue weighted by Crippen LogP contribution is 2.10. The highest BCUT2D eigenvalue weighted by Gasteiger charge is 2.15. The molecule has 0 bridgehead atoms. The first-order valence-corrected chi connectivity index (χ1v) is 3.58. The zero-order valence-corrected chi connectivity index (χ0v) is 6.91. The van der Waals surface area contributed by atoms with Gasteiger partial charge in [0, 0.05) is 6.42 Å². The first-order chi connectivity index (χ1) is 5.07. The molecule has 3 heteroatoms. The predicted octanol–water partition coefficient (Wildman–Crippen LogP) is 2.28. The summed E-state index contributed by atoms with van der Waals surface area (Å²) in [6.45, 7) is 7.34. The average Bonchev–Trinajstić information content (AvgIpc) is 1.86. The van der Waals surface area contributed by atoms with E-state index in [2.05, 4.69) is 11.3 Å². The van der Waals surface area contributed by atoms with Crippen molar-refractivity contribution in [2.75, 3.05) is 0 Å². The summed E-state index contributed by atoms with van der Waals surface area (Å²) in [6, 6.07) is 0. The fraction of sp³-hybridized carbons (Fsp3) is 0.625. The molecule has 3 nitrogen and oxygen atoms in total. The summed E-state index contributed by atoms with van der Waals surface area (Å²) in [5.41, 5.74) is 0. The first kappa shape index (κ1) is 10.0. The number of hydrogen-bond donors (Lipinski definition) is 1. The molecule has 0 aliphatic heterocycles. The van der Waals surface area contributed by atoms with Crippen molar-refractivity contribution in [1.82, 2.24) is 0 Å². The topological polar surface area (TPSA) is 46.5 Å². The van der Waals surface area contributed by atoms with Gasteiger partial charge in [0.15, 0.2) is 0 Å². The molecule has 0 saturated carbocycles. The maximum absolute atomic E-state index is 10.1. The maximum atomic E-state index is 10.1. The fourth-order valence-corrected chi connectivity index (χ4v) is 0.750. The van der Waals surface area contributed by atoms with Crippen LogP contribution in [0.1, 0.15) is 20.3 Å². The summed E-state index contributed by atoms with van der Waals surface area (Å²) in [7, 11) is 0. The van der Waals surface area contributed by atoms with Crippen LogP contribution in [0.3, 0.4) is 0 Å². The van der Waals surface area contributed by atoms with Crippen molar-refractivity contribution in [2.45, 2.75) is 26.4 Å². The van der Waals surface area contributed by atoms with Crippen molar-refractivity contribution < 1.29 is 14.6 Å². The molecule has 0 radical (unpaired) electrons. The van der Waals surface area contributed by atoms with Gasteiger partial charge in [-0.05, 0) is 5.92 Å². The molecule has 0 aromatic rings. The third kappa shape index (κ3) is 4.42. The standard InChI is InChI=1S/C8H14O3/c1-4-5-7(6(2)3)11-8(9)10/h4,6-7H,1,5H2,2-3H3,(H,9,10). The van der Waals surface area contributed by atoms with E-state index in [-0.39, 0.29) is 12.0 Å². The largest absolute Gasteiger partial charge is 0.506 e. The van der Waals surface area contributed by atoms with E-state index in [9.17, 15) is 4.79 Å². The Labute approximate surface area is 66.7 Å². The van der Waals surface area contributed by atoms with Gasteiger partial charge in [0.05, 0.1) is 0 Å². The van der Waals surface area contributed by atoms with Crippen LogP contribution in [0.5, 0.6) is 0 Å². The molecule has 0 rings (SSSR count). The minimum atomic E-state index is -1.22. The van der Waals surface area contributed by atoms with Crippen LogP contribution >= 0.6 is 0 Å². The molecule has 1 N–H and O–H groups in total. The van der Waals surface area contributed by atoms with E-state index in [1.807, 2.05) is 13.8 Å². The van der Waals surface area contributed by atoms with Gasteiger partial charge in [-0.1, -0.05) is 19.9 Å². The lowest BCUT2D eigenvalue weighted by Crippen LogP contribution is -2.21. The molecule has 0 aliphatic carbocycles. The van der Waals surface area contributed by atoms with E-state index < -0.39 is 6.16 Å². The number of hydrogen-bond acceptors (Lipinski definition) is 2. The van der Waals surface area contributed by atoms with Crippen LogP contribution in [0.2, 0.25) is 0 Å². The molecular formula is C8H14O3. The van der Waals surface area contributed by atoms with Crippen molar-refractivity contribution in [3.8, 4) is 0 Å². The fourth-order valence-electron chi connectivity index (χ4n) is 0.750.